The number of amides is 1. The van der Waals surface area contributed by atoms with Crippen LogP contribution in [0.1, 0.15) is 61.0 Å². The van der Waals surface area contributed by atoms with Crippen molar-refractivity contribution in [1.82, 2.24) is 0 Å². The van der Waals surface area contributed by atoms with Crippen LogP contribution in [0.4, 0.5) is 11.4 Å². The molecule has 0 unspecified atom stereocenters. The Balaban J connectivity index is 2.41. The smallest absolute Gasteiger partial charge is 0.270 e. The van der Waals surface area contributed by atoms with Crippen molar-refractivity contribution in [3.8, 4) is 0 Å². The van der Waals surface area contributed by atoms with Gasteiger partial charge >= 0.3 is 0 Å². The van der Waals surface area contributed by atoms with Gasteiger partial charge in [-0.05, 0) is 29.0 Å². The molecule has 0 fully saturated rings. The number of anilines is 1. The number of para-hydroxylation sites is 1. The minimum absolute atomic E-state index is 0.0936. The lowest BCUT2D eigenvalue weighted by molar-refractivity contribution is -0.384. The van der Waals surface area contributed by atoms with Gasteiger partial charge in [-0.3, -0.25) is 14.9 Å². The average molecular weight is 326 g/mol. The van der Waals surface area contributed by atoms with Crippen molar-refractivity contribution in [2.24, 2.45) is 0 Å². The Hall–Kier alpha value is -2.69. The number of non-ortho nitro benzene ring substituents is 1. The zero-order valence-electron chi connectivity index (χ0n) is 14.4. The topological polar surface area (TPSA) is 72.2 Å². The lowest BCUT2D eigenvalue weighted by Gasteiger charge is -2.20. The number of nitro groups is 1. The van der Waals surface area contributed by atoms with Gasteiger partial charge in [-0.15, -0.1) is 0 Å². The van der Waals surface area contributed by atoms with Gasteiger partial charge in [-0.1, -0.05) is 52.0 Å². The monoisotopic (exact) mass is 326 g/mol. The van der Waals surface area contributed by atoms with Crippen LogP contribution in [-0.4, -0.2) is 10.8 Å². The fourth-order valence-electron chi connectivity index (χ4n) is 2.64. The molecule has 0 bridgehead atoms. The number of rotatable bonds is 5. The SMILES string of the molecule is CC(C)c1cccc(C(C)C)c1NC(=O)c1cccc([N+](=O)[O-])c1. The number of nitrogens with one attached hydrogen (secondary N) is 1. The maximum atomic E-state index is 12.6. The third-order valence-corrected chi connectivity index (χ3v) is 3.93. The van der Waals surface area contributed by atoms with E-state index in [1.54, 1.807) is 6.07 Å². The number of carbonyl (C=O) groups is 1. The van der Waals surface area contributed by atoms with Crippen molar-refractivity contribution in [1.29, 1.82) is 0 Å². The molecule has 0 aliphatic rings. The number of benzene rings is 2. The van der Waals surface area contributed by atoms with Gasteiger partial charge in [0.05, 0.1) is 4.92 Å². The van der Waals surface area contributed by atoms with Crippen molar-refractivity contribution >= 4 is 17.3 Å². The highest BCUT2D eigenvalue weighted by Gasteiger charge is 2.18. The predicted octanol–water partition coefficient (Wildman–Crippen LogP) is 5.09. The fourth-order valence-corrected chi connectivity index (χ4v) is 2.64. The fraction of sp³-hybridized carbons (Fsp3) is 0.316. The molecule has 0 aliphatic carbocycles. The average Bonchev–Trinajstić information content (AvgIpc) is 2.54. The molecular formula is C19H22N2O3. The van der Waals surface area contributed by atoms with E-state index in [1.807, 2.05) is 18.2 Å². The summed E-state index contributed by atoms with van der Waals surface area (Å²) in [5.41, 5.74) is 3.10. The van der Waals surface area contributed by atoms with Crippen LogP contribution in [0.15, 0.2) is 42.5 Å². The Labute approximate surface area is 141 Å². The quantitative estimate of drug-likeness (QED) is 0.614. The lowest BCUT2D eigenvalue weighted by Crippen LogP contribution is -2.16. The minimum Gasteiger partial charge on any atom is -0.321 e. The Morgan fingerprint density at radius 1 is 1.00 bits per heavy atom. The van der Waals surface area contributed by atoms with Gasteiger partial charge in [0, 0.05) is 23.4 Å². The molecule has 2 rings (SSSR count). The van der Waals surface area contributed by atoms with Crippen molar-refractivity contribution in [2.75, 3.05) is 5.32 Å². The molecule has 0 saturated carbocycles. The first-order chi connectivity index (χ1) is 11.3. The van der Waals surface area contributed by atoms with Crippen molar-refractivity contribution in [3.63, 3.8) is 0 Å². The normalized spacial score (nSPS) is 10.9. The van der Waals surface area contributed by atoms with Crippen LogP contribution in [0.3, 0.4) is 0 Å². The van der Waals surface area contributed by atoms with Crippen molar-refractivity contribution in [3.05, 3.63) is 69.3 Å². The minimum atomic E-state index is -0.502. The van der Waals surface area contributed by atoms with E-state index in [9.17, 15) is 14.9 Å². The Morgan fingerprint density at radius 2 is 1.54 bits per heavy atom. The maximum absolute atomic E-state index is 12.6. The summed E-state index contributed by atoms with van der Waals surface area (Å²) in [4.78, 5) is 23.0. The van der Waals surface area contributed by atoms with E-state index in [-0.39, 0.29) is 29.0 Å². The Bertz CT molecular complexity index is 741. The third-order valence-electron chi connectivity index (χ3n) is 3.93. The van der Waals surface area contributed by atoms with Crippen molar-refractivity contribution in [2.45, 2.75) is 39.5 Å². The van der Waals surface area contributed by atoms with Crippen molar-refractivity contribution < 1.29 is 9.72 Å². The molecule has 0 saturated heterocycles. The first kappa shape index (κ1) is 17.7. The van der Waals surface area contributed by atoms with Gasteiger partial charge < -0.3 is 5.32 Å². The summed E-state index contributed by atoms with van der Waals surface area (Å²) in [7, 11) is 0. The molecule has 0 aliphatic heterocycles. The molecular weight excluding hydrogens is 304 g/mol. The summed E-state index contributed by atoms with van der Waals surface area (Å²) in [5, 5.41) is 13.9. The summed E-state index contributed by atoms with van der Waals surface area (Å²) in [6, 6.07) is 11.8. The lowest BCUT2D eigenvalue weighted by atomic mass is 9.92. The van der Waals surface area contributed by atoms with Crippen LogP contribution >= 0.6 is 0 Å². The second-order valence-corrected chi connectivity index (χ2v) is 6.38. The van der Waals surface area contributed by atoms with E-state index in [0.717, 1.165) is 16.8 Å². The highest BCUT2D eigenvalue weighted by Crippen LogP contribution is 2.32. The summed E-state index contributed by atoms with van der Waals surface area (Å²) in [6.07, 6.45) is 0. The summed E-state index contributed by atoms with van der Waals surface area (Å²) >= 11 is 0. The first-order valence-electron chi connectivity index (χ1n) is 8.00. The zero-order chi connectivity index (χ0) is 17.9. The molecule has 5 heteroatoms. The molecule has 0 atom stereocenters. The zero-order valence-corrected chi connectivity index (χ0v) is 14.4. The van der Waals surface area contributed by atoms with Gasteiger partial charge in [0.2, 0.25) is 0 Å². The number of hydrogen-bond acceptors (Lipinski definition) is 3. The summed E-state index contributed by atoms with van der Waals surface area (Å²) in [5.74, 6) is 0.168. The molecule has 24 heavy (non-hydrogen) atoms. The molecule has 5 nitrogen and oxygen atoms in total. The molecule has 0 radical (unpaired) electrons. The van der Waals surface area contributed by atoms with Gasteiger partial charge in [0.15, 0.2) is 0 Å². The largest absolute Gasteiger partial charge is 0.321 e. The summed E-state index contributed by atoms with van der Waals surface area (Å²) in [6.45, 7) is 8.29. The van der Waals surface area contributed by atoms with Gasteiger partial charge in [-0.2, -0.15) is 0 Å². The van der Waals surface area contributed by atoms with Crippen LogP contribution in [0, 0.1) is 10.1 Å². The van der Waals surface area contributed by atoms with E-state index in [1.165, 1.54) is 18.2 Å². The molecule has 0 aromatic heterocycles. The van der Waals surface area contributed by atoms with Gasteiger partial charge in [-0.25, -0.2) is 0 Å². The molecule has 2 aromatic rings. The van der Waals surface area contributed by atoms with E-state index < -0.39 is 4.92 Å². The highest BCUT2D eigenvalue weighted by atomic mass is 16.6. The van der Waals surface area contributed by atoms with E-state index >= 15 is 0 Å². The maximum Gasteiger partial charge on any atom is 0.270 e. The number of hydrogen-bond donors (Lipinski definition) is 1. The van der Waals surface area contributed by atoms with Crippen LogP contribution in [-0.2, 0) is 0 Å². The molecule has 2 aromatic carbocycles. The molecule has 0 heterocycles. The standard InChI is InChI=1S/C19H22N2O3/c1-12(2)16-9-6-10-17(13(3)4)18(16)20-19(22)14-7-5-8-15(11-14)21(23)24/h5-13H,1-4H3,(H,20,22). The molecule has 1 N–H and O–H groups in total. The third kappa shape index (κ3) is 3.79. The second kappa shape index (κ2) is 7.25. The van der Waals surface area contributed by atoms with E-state index in [2.05, 4.69) is 33.0 Å². The van der Waals surface area contributed by atoms with Crippen LogP contribution < -0.4 is 5.32 Å². The van der Waals surface area contributed by atoms with Gasteiger partial charge in [0.25, 0.3) is 11.6 Å². The number of nitrogens with zero attached hydrogens (tertiary/aromatic N) is 1. The molecule has 1 amide bonds. The van der Waals surface area contributed by atoms with Crippen LogP contribution in [0.2, 0.25) is 0 Å². The first-order valence-corrected chi connectivity index (χ1v) is 8.00. The Morgan fingerprint density at radius 3 is 2.04 bits per heavy atom. The van der Waals surface area contributed by atoms with E-state index in [4.69, 9.17) is 0 Å². The predicted molar refractivity (Wildman–Crippen MR) is 95.7 cm³/mol. The summed E-state index contributed by atoms with van der Waals surface area (Å²) < 4.78 is 0. The number of nitro benzene ring substituents is 1. The van der Waals surface area contributed by atoms with Gasteiger partial charge in [0.1, 0.15) is 0 Å². The molecule has 126 valence electrons. The number of carbonyl (C=O) groups excluding carboxylic acids is 1. The molecule has 0 spiro atoms. The van der Waals surface area contributed by atoms with Crippen LogP contribution in [0.25, 0.3) is 0 Å². The second-order valence-electron chi connectivity index (χ2n) is 6.38. The Kier molecular flexibility index (Phi) is 5.34. The van der Waals surface area contributed by atoms with E-state index in [0.29, 0.717) is 0 Å². The van der Waals surface area contributed by atoms with Crippen LogP contribution in [0.5, 0.6) is 0 Å². The highest BCUT2D eigenvalue weighted by molar-refractivity contribution is 6.05.